The van der Waals surface area contributed by atoms with Gasteiger partial charge in [-0.2, -0.15) is 5.10 Å². The summed E-state index contributed by atoms with van der Waals surface area (Å²) in [6.07, 6.45) is 7.16. The fraction of sp³-hybridized carbons (Fsp3) is 0.400. The van der Waals surface area contributed by atoms with Crippen molar-refractivity contribution in [3.8, 4) is 0 Å². The summed E-state index contributed by atoms with van der Waals surface area (Å²) in [5, 5.41) is 7.28. The van der Waals surface area contributed by atoms with E-state index < -0.39 is 0 Å². The number of amides is 1. The van der Waals surface area contributed by atoms with Gasteiger partial charge in [0.05, 0.1) is 6.04 Å². The first-order chi connectivity index (χ1) is 10.2. The van der Waals surface area contributed by atoms with Crippen molar-refractivity contribution in [2.24, 2.45) is 5.41 Å². The molecule has 21 heavy (non-hydrogen) atoms. The van der Waals surface area contributed by atoms with Crippen LogP contribution >= 0.6 is 0 Å². The van der Waals surface area contributed by atoms with E-state index in [1.807, 2.05) is 22.8 Å². The molecule has 1 N–H and O–H groups in total. The first-order valence-corrected chi connectivity index (χ1v) is 7.18. The number of fused-ring (bicyclic) bond motifs is 1. The largest absolute Gasteiger partial charge is 0.352 e. The fourth-order valence-electron chi connectivity index (χ4n) is 3.32. The second kappa shape index (κ2) is 4.31. The predicted octanol–water partition coefficient (Wildman–Crippen LogP) is 1.00. The highest BCUT2D eigenvalue weighted by molar-refractivity contribution is 5.87. The number of hydrogen-bond donors (Lipinski definition) is 1. The Balaban J connectivity index is 1.64. The number of carbonyl (C=O) groups is 1. The van der Waals surface area contributed by atoms with Gasteiger partial charge in [0.25, 0.3) is 0 Å². The topological polar surface area (TPSA) is 62.5 Å². The highest BCUT2D eigenvalue weighted by Crippen LogP contribution is 2.53. The lowest BCUT2D eigenvalue weighted by atomic mass is 10.0. The van der Waals surface area contributed by atoms with Crippen LogP contribution < -0.4 is 10.2 Å². The molecule has 1 saturated carbocycles. The molecule has 0 radical (unpaired) electrons. The van der Waals surface area contributed by atoms with E-state index in [9.17, 15) is 4.79 Å². The molecule has 1 atom stereocenters. The molecular weight excluding hydrogens is 266 g/mol. The fourth-order valence-corrected chi connectivity index (χ4v) is 3.32. The third-order valence-corrected chi connectivity index (χ3v) is 4.65. The van der Waals surface area contributed by atoms with E-state index in [-0.39, 0.29) is 17.4 Å². The van der Waals surface area contributed by atoms with Gasteiger partial charge in [-0.05, 0) is 31.1 Å². The number of hydrogen-bond acceptors (Lipinski definition) is 4. The Hall–Kier alpha value is -2.37. The molecule has 3 heterocycles. The van der Waals surface area contributed by atoms with E-state index in [0.717, 1.165) is 37.3 Å². The van der Waals surface area contributed by atoms with Crippen molar-refractivity contribution < 1.29 is 4.79 Å². The van der Waals surface area contributed by atoms with E-state index >= 15 is 0 Å². The standard InChI is InChI=1S/C15H17N5O/c1-2-13(21)18-12-8-19(9-15(12)5-6-15)14-11-4-3-7-20(11)17-10-16-14/h2-4,7,10,12H,1,5-6,8-9H2,(H,18,21). The third kappa shape index (κ3) is 1.90. The molecule has 1 unspecified atom stereocenters. The van der Waals surface area contributed by atoms with Crippen LogP contribution in [0.15, 0.2) is 37.3 Å². The number of nitrogens with zero attached hydrogens (tertiary/aromatic N) is 4. The number of aromatic nitrogens is 3. The molecule has 2 aromatic heterocycles. The summed E-state index contributed by atoms with van der Waals surface area (Å²) in [5.41, 5.74) is 1.22. The molecule has 1 saturated heterocycles. The van der Waals surface area contributed by atoms with Crippen LogP contribution in [0.1, 0.15) is 12.8 Å². The molecule has 1 amide bonds. The van der Waals surface area contributed by atoms with Crippen LogP contribution in [0.3, 0.4) is 0 Å². The van der Waals surface area contributed by atoms with Crippen LogP contribution in [0.4, 0.5) is 5.82 Å². The maximum Gasteiger partial charge on any atom is 0.243 e. The molecule has 2 aliphatic rings. The molecule has 6 nitrogen and oxygen atoms in total. The van der Waals surface area contributed by atoms with Crippen molar-refractivity contribution in [3.05, 3.63) is 37.3 Å². The monoisotopic (exact) mass is 283 g/mol. The van der Waals surface area contributed by atoms with Gasteiger partial charge in [-0.25, -0.2) is 9.50 Å². The van der Waals surface area contributed by atoms with Gasteiger partial charge in [-0.1, -0.05) is 6.58 Å². The molecule has 2 aromatic rings. The van der Waals surface area contributed by atoms with Crippen LogP contribution in [0, 0.1) is 5.41 Å². The zero-order valence-corrected chi connectivity index (χ0v) is 11.7. The summed E-state index contributed by atoms with van der Waals surface area (Å²) in [4.78, 5) is 18.3. The predicted molar refractivity (Wildman–Crippen MR) is 79.0 cm³/mol. The lowest BCUT2D eigenvalue weighted by molar-refractivity contribution is -0.117. The molecule has 1 aliphatic heterocycles. The van der Waals surface area contributed by atoms with E-state index in [2.05, 4.69) is 26.9 Å². The highest BCUT2D eigenvalue weighted by Gasteiger charge is 2.55. The smallest absolute Gasteiger partial charge is 0.243 e. The zero-order chi connectivity index (χ0) is 14.4. The Bertz CT molecular complexity index is 718. The molecule has 0 aromatic carbocycles. The van der Waals surface area contributed by atoms with Gasteiger partial charge < -0.3 is 10.2 Å². The average molecular weight is 283 g/mol. The Kier molecular flexibility index (Phi) is 2.54. The quantitative estimate of drug-likeness (QED) is 0.854. The van der Waals surface area contributed by atoms with Gasteiger partial charge in [0.2, 0.25) is 5.91 Å². The van der Waals surface area contributed by atoms with E-state index in [1.54, 1.807) is 6.33 Å². The molecular formula is C15H17N5O. The summed E-state index contributed by atoms with van der Waals surface area (Å²) < 4.78 is 1.83. The Labute approximate surface area is 122 Å². The first kappa shape index (κ1) is 12.4. The summed E-state index contributed by atoms with van der Waals surface area (Å²) in [6.45, 7) is 5.26. The summed E-state index contributed by atoms with van der Waals surface area (Å²) in [6, 6.07) is 4.16. The Morgan fingerprint density at radius 2 is 2.38 bits per heavy atom. The van der Waals surface area contributed by atoms with Gasteiger partial charge in [0.15, 0.2) is 5.82 Å². The molecule has 1 spiro atoms. The van der Waals surface area contributed by atoms with Crippen LogP contribution in [0.2, 0.25) is 0 Å². The molecule has 2 fully saturated rings. The van der Waals surface area contributed by atoms with Crippen molar-refractivity contribution in [1.29, 1.82) is 0 Å². The van der Waals surface area contributed by atoms with Gasteiger partial charge in [0.1, 0.15) is 11.8 Å². The van der Waals surface area contributed by atoms with E-state index in [0.29, 0.717) is 0 Å². The normalized spacial score (nSPS) is 22.7. The maximum absolute atomic E-state index is 11.6. The number of carbonyl (C=O) groups excluding carboxylic acids is 1. The lowest BCUT2D eigenvalue weighted by Crippen LogP contribution is -2.40. The van der Waals surface area contributed by atoms with Gasteiger partial charge in [0, 0.05) is 24.7 Å². The molecule has 108 valence electrons. The zero-order valence-electron chi connectivity index (χ0n) is 11.7. The van der Waals surface area contributed by atoms with Crippen molar-refractivity contribution in [3.63, 3.8) is 0 Å². The minimum atomic E-state index is -0.0938. The summed E-state index contributed by atoms with van der Waals surface area (Å²) >= 11 is 0. The number of rotatable bonds is 3. The maximum atomic E-state index is 11.6. The van der Waals surface area contributed by atoms with Crippen LogP contribution in [0.5, 0.6) is 0 Å². The van der Waals surface area contributed by atoms with E-state index in [4.69, 9.17) is 0 Å². The second-order valence-corrected chi connectivity index (χ2v) is 5.93. The van der Waals surface area contributed by atoms with Gasteiger partial charge >= 0.3 is 0 Å². The summed E-state index contributed by atoms with van der Waals surface area (Å²) in [5.74, 6) is 0.847. The van der Waals surface area contributed by atoms with E-state index in [1.165, 1.54) is 6.08 Å². The van der Waals surface area contributed by atoms with Gasteiger partial charge in [-0.3, -0.25) is 4.79 Å². The number of anilines is 1. The van der Waals surface area contributed by atoms with Crippen molar-refractivity contribution >= 4 is 17.2 Å². The molecule has 1 aliphatic carbocycles. The third-order valence-electron chi connectivity index (χ3n) is 4.65. The SMILES string of the molecule is C=CC(=O)NC1CN(c2ncnn3cccc23)CC12CC2. The van der Waals surface area contributed by atoms with Crippen LogP contribution in [-0.4, -0.2) is 39.6 Å². The number of nitrogens with one attached hydrogen (secondary N) is 1. The Morgan fingerprint density at radius 3 is 3.14 bits per heavy atom. The van der Waals surface area contributed by atoms with Gasteiger partial charge in [-0.15, -0.1) is 0 Å². The lowest BCUT2D eigenvalue weighted by Gasteiger charge is -2.18. The van der Waals surface area contributed by atoms with Crippen LogP contribution in [-0.2, 0) is 4.79 Å². The molecule has 0 bridgehead atoms. The van der Waals surface area contributed by atoms with Crippen molar-refractivity contribution in [1.82, 2.24) is 19.9 Å². The average Bonchev–Trinajstić information content (AvgIpc) is 2.96. The van der Waals surface area contributed by atoms with Crippen LogP contribution in [0.25, 0.3) is 5.52 Å². The molecule has 6 heteroatoms. The van der Waals surface area contributed by atoms with Crippen molar-refractivity contribution in [2.45, 2.75) is 18.9 Å². The minimum absolute atomic E-state index is 0.0938. The minimum Gasteiger partial charge on any atom is -0.352 e. The van der Waals surface area contributed by atoms with Crippen molar-refractivity contribution in [2.75, 3.05) is 18.0 Å². The first-order valence-electron chi connectivity index (χ1n) is 7.18. The second-order valence-electron chi connectivity index (χ2n) is 5.93. The Morgan fingerprint density at radius 1 is 1.52 bits per heavy atom. The molecule has 4 rings (SSSR count). The summed E-state index contributed by atoms with van der Waals surface area (Å²) in [7, 11) is 0. The highest BCUT2D eigenvalue weighted by atomic mass is 16.1.